The van der Waals surface area contributed by atoms with E-state index >= 15 is 0 Å². The van der Waals surface area contributed by atoms with Crippen LogP contribution in [0, 0.1) is 5.41 Å². The number of alkyl carbamates (subject to hydrolysis) is 1. The zero-order valence-corrected chi connectivity index (χ0v) is 19.9. The van der Waals surface area contributed by atoms with Gasteiger partial charge in [-0.05, 0) is 70.6 Å². The summed E-state index contributed by atoms with van der Waals surface area (Å²) in [6.45, 7) is 5.41. The van der Waals surface area contributed by atoms with Crippen LogP contribution in [0.25, 0.3) is 11.3 Å². The quantitative estimate of drug-likeness (QED) is 0.669. The number of hydrogen-bond acceptors (Lipinski definition) is 6. The third kappa shape index (κ3) is 5.87. The lowest BCUT2D eigenvalue weighted by atomic mass is 9.88. The summed E-state index contributed by atoms with van der Waals surface area (Å²) < 4.78 is 5.29. The number of ether oxygens (including phenoxy) is 1. The van der Waals surface area contributed by atoms with E-state index in [1.807, 2.05) is 29.2 Å². The van der Waals surface area contributed by atoms with Crippen molar-refractivity contribution >= 4 is 17.7 Å². The van der Waals surface area contributed by atoms with Crippen LogP contribution < -0.4 is 5.32 Å². The van der Waals surface area contributed by atoms with Gasteiger partial charge < -0.3 is 15.0 Å². The van der Waals surface area contributed by atoms with Crippen molar-refractivity contribution in [1.29, 1.82) is 5.41 Å². The third-order valence-electron chi connectivity index (χ3n) is 5.89. The number of carbonyl (C=O) groups excluding carboxylic acids is 2. The Kier molecular flexibility index (Phi) is 6.77. The van der Waals surface area contributed by atoms with Gasteiger partial charge in [-0.2, -0.15) is 0 Å². The van der Waals surface area contributed by atoms with E-state index in [1.165, 1.54) is 0 Å². The molecule has 8 nitrogen and oxygen atoms in total. The molecule has 2 aliphatic carbocycles. The average Bonchev–Trinajstić information content (AvgIpc) is 3.64. The minimum atomic E-state index is -0.594. The van der Waals surface area contributed by atoms with Crippen LogP contribution in [0.2, 0.25) is 0 Å². The van der Waals surface area contributed by atoms with Gasteiger partial charge in [-0.3, -0.25) is 20.1 Å². The smallest absolute Gasteiger partial charge is 0.411 e. The molecule has 2 aromatic rings. The zero-order valence-electron chi connectivity index (χ0n) is 19.9. The van der Waals surface area contributed by atoms with Crippen molar-refractivity contribution in [2.24, 2.45) is 0 Å². The molecule has 2 saturated carbocycles. The van der Waals surface area contributed by atoms with Crippen LogP contribution in [-0.2, 0) is 4.74 Å². The minimum absolute atomic E-state index is 0.00563. The second kappa shape index (κ2) is 9.75. The number of nitrogens with zero attached hydrogens (tertiary/aromatic N) is 3. The van der Waals surface area contributed by atoms with Gasteiger partial charge >= 0.3 is 6.09 Å². The van der Waals surface area contributed by atoms with E-state index < -0.39 is 11.7 Å². The van der Waals surface area contributed by atoms with Crippen LogP contribution in [0.5, 0.6) is 0 Å². The van der Waals surface area contributed by atoms with Crippen LogP contribution in [-0.4, -0.2) is 50.3 Å². The Labute approximate surface area is 199 Å². The molecule has 1 heterocycles. The van der Waals surface area contributed by atoms with Crippen molar-refractivity contribution in [3.63, 3.8) is 0 Å². The van der Waals surface area contributed by atoms with Gasteiger partial charge in [0.05, 0.1) is 11.9 Å². The molecular weight excluding hydrogens is 430 g/mol. The molecule has 1 unspecified atom stereocenters. The maximum absolute atomic E-state index is 13.5. The van der Waals surface area contributed by atoms with E-state index in [-0.39, 0.29) is 18.0 Å². The predicted molar refractivity (Wildman–Crippen MR) is 129 cm³/mol. The molecule has 2 N–H and O–H groups in total. The SMILES string of the molecule is CC(C)(C)OC(=O)N/C=C1/CC(N(C(=O)c2ccc(-c3cnccn3)cc2)C2CC2)CCC1=N. The molecule has 2 aliphatic rings. The first-order chi connectivity index (χ1) is 16.2. The van der Waals surface area contributed by atoms with Gasteiger partial charge in [0.1, 0.15) is 5.60 Å². The highest BCUT2D eigenvalue weighted by molar-refractivity contribution is 6.00. The molecule has 1 aromatic carbocycles. The maximum atomic E-state index is 13.5. The number of carbonyl (C=O) groups is 2. The van der Waals surface area contributed by atoms with Crippen LogP contribution >= 0.6 is 0 Å². The summed E-state index contributed by atoms with van der Waals surface area (Å²) in [5.74, 6) is 0.00563. The Morgan fingerprint density at radius 3 is 2.47 bits per heavy atom. The molecule has 0 radical (unpaired) electrons. The molecule has 2 amide bonds. The fourth-order valence-corrected chi connectivity index (χ4v) is 4.15. The molecule has 4 rings (SSSR count). The fraction of sp³-hybridized carbons (Fsp3) is 0.423. The molecule has 0 saturated heterocycles. The molecule has 1 atom stereocenters. The second-order valence-corrected chi connectivity index (χ2v) is 9.80. The van der Waals surface area contributed by atoms with Crippen LogP contribution in [0.1, 0.15) is 63.2 Å². The first kappa shape index (κ1) is 23.6. The Morgan fingerprint density at radius 2 is 1.85 bits per heavy atom. The summed E-state index contributed by atoms with van der Waals surface area (Å²) in [7, 11) is 0. The Balaban J connectivity index is 1.47. The van der Waals surface area contributed by atoms with Crippen molar-refractivity contribution in [2.45, 2.75) is 70.6 Å². The van der Waals surface area contributed by atoms with Gasteiger partial charge in [-0.25, -0.2) is 4.79 Å². The van der Waals surface area contributed by atoms with E-state index in [0.717, 1.165) is 36.1 Å². The first-order valence-corrected chi connectivity index (χ1v) is 11.7. The summed E-state index contributed by atoms with van der Waals surface area (Å²) in [5, 5.41) is 11.0. The van der Waals surface area contributed by atoms with Gasteiger partial charge in [0.2, 0.25) is 0 Å². The van der Waals surface area contributed by atoms with E-state index in [0.29, 0.717) is 24.1 Å². The van der Waals surface area contributed by atoms with Gasteiger partial charge in [-0.1, -0.05) is 12.1 Å². The second-order valence-electron chi connectivity index (χ2n) is 9.80. The number of amides is 2. The maximum Gasteiger partial charge on any atom is 0.411 e. The molecule has 8 heteroatoms. The van der Waals surface area contributed by atoms with Crippen molar-refractivity contribution < 1.29 is 14.3 Å². The molecule has 178 valence electrons. The predicted octanol–water partition coefficient (Wildman–Crippen LogP) is 4.73. The van der Waals surface area contributed by atoms with E-state index in [9.17, 15) is 9.59 Å². The summed E-state index contributed by atoms with van der Waals surface area (Å²) in [6.07, 6.45) is 9.81. The normalized spacial score (nSPS) is 19.6. The summed E-state index contributed by atoms with van der Waals surface area (Å²) in [6, 6.07) is 7.69. The summed E-state index contributed by atoms with van der Waals surface area (Å²) in [5.41, 5.74) is 2.94. The Hall–Kier alpha value is -3.55. The fourth-order valence-electron chi connectivity index (χ4n) is 4.15. The molecule has 0 spiro atoms. The van der Waals surface area contributed by atoms with Crippen molar-refractivity contribution in [3.8, 4) is 11.3 Å². The number of nitrogens with one attached hydrogen (secondary N) is 2. The molecule has 34 heavy (non-hydrogen) atoms. The third-order valence-corrected chi connectivity index (χ3v) is 5.89. The number of aromatic nitrogens is 2. The molecule has 0 bridgehead atoms. The standard InChI is InChI=1S/C26H31N5O3/c1-26(2,3)34-25(33)30-15-19-14-21(10-11-22(19)27)31(20-8-9-20)24(32)18-6-4-17(5-7-18)23-16-28-12-13-29-23/h4-7,12-13,15-16,20-21,27H,8-11,14H2,1-3H3,(H,30,33)/b19-15-,27-22?. The molecule has 1 aromatic heterocycles. The monoisotopic (exact) mass is 461 g/mol. The lowest BCUT2D eigenvalue weighted by Crippen LogP contribution is -2.44. The van der Waals surface area contributed by atoms with Crippen molar-refractivity contribution in [2.75, 3.05) is 0 Å². The minimum Gasteiger partial charge on any atom is -0.444 e. The number of rotatable bonds is 5. The summed E-state index contributed by atoms with van der Waals surface area (Å²) in [4.78, 5) is 36.0. The van der Waals surface area contributed by atoms with Crippen LogP contribution in [0.3, 0.4) is 0 Å². The average molecular weight is 462 g/mol. The molecule has 0 aliphatic heterocycles. The van der Waals surface area contributed by atoms with E-state index in [4.69, 9.17) is 10.1 Å². The molecule has 2 fully saturated rings. The van der Waals surface area contributed by atoms with Gasteiger partial charge in [0, 0.05) is 47.5 Å². The largest absolute Gasteiger partial charge is 0.444 e. The van der Waals surface area contributed by atoms with Crippen LogP contribution in [0.4, 0.5) is 4.79 Å². The van der Waals surface area contributed by atoms with E-state index in [2.05, 4.69) is 15.3 Å². The lowest BCUT2D eigenvalue weighted by molar-refractivity contribution is 0.0549. The van der Waals surface area contributed by atoms with Crippen molar-refractivity contribution in [1.82, 2.24) is 20.2 Å². The number of benzene rings is 1. The van der Waals surface area contributed by atoms with Gasteiger partial charge in [-0.15, -0.1) is 0 Å². The Morgan fingerprint density at radius 1 is 1.12 bits per heavy atom. The van der Waals surface area contributed by atoms with Gasteiger partial charge in [0.25, 0.3) is 5.91 Å². The lowest BCUT2D eigenvalue weighted by Gasteiger charge is -2.36. The zero-order chi connectivity index (χ0) is 24.3. The Bertz CT molecular complexity index is 1090. The highest BCUT2D eigenvalue weighted by Crippen LogP contribution is 2.35. The molecular formula is C26H31N5O3. The topological polar surface area (TPSA) is 108 Å². The highest BCUT2D eigenvalue weighted by Gasteiger charge is 2.39. The first-order valence-electron chi connectivity index (χ1n) is 11.7. The van der Waals surface area contributed by atoms with Crippen LogP contribution in [0.15, 0.2) is 54.6 Å². The highest BCUT2D eigenvalue weighted by atomic mass is 16.6. The van der Waals surface area contributed by atoms with Crippen molar-refractivity contribution in [3.05, 3.63) is 60.2 Å². The summed E-state index contributed by atoms with van der Waals surface area (Å²) >= 11 is 0. The number of hydrogen-bond donors (Lipinski definition) is 2. The van der Waals surface area contributed by atoms with Gasteiger partial charge in [0.15, 0.2) is 0 Å². The van der Waals surface area contributed by atoms with E-state index in [1.54, 1.807) is 45.6 Å².